The first-order valence-electron chi connectivity index (χ1n) is 21.7. The zero-order valence-electron chi connectivity index (χ0n) is 33.9. The van der Waals surface area contributed by atoms with Crippen LogP contribution in [0.1, 0.15) is 43.6 Å². The van der Waals surface area contributed by atoms with Crippen LogP contribution in [0.15, 0.2) is 194 Å². The molecule has 0 atom stereocenters. The quantitative estimate of drug-likeness (QED) is 0.155. The molecule has 292 valence electrons. The van der Waals surface area contributed by atoms with E-state index in [2.05, 4.69) is 199 Å². The Labute approximate surface area is 364 Å². The molecule has 0 saturated heterocycles. The molecular formula is C58H43NS2. The van der Waals surface area contributed by atoms with Crippen LogP contribution in [0.5, 0.6) is 0 Å². The van der Waals surface area contributed by atoms with Gasteiger partial charge in [0.05, 0.1) is 5.69 Å². The van der Waals surface area contributed by atoms with Crippen LogP contribution in [-0.2, 0) is 0 Å². The average molecular weight is 818 g/mol. The van der Waals surface area contributed by atoms with E-state index in [4.69, 9.17) is 0 Å². The summed E-state index contributed by atoms with van der Waals surface area (Å²) in [6.07, 6.45) is 6.51. The van der Waals surface area contributed by atoms with E-state index >= 15 is 0 Å². The van der Waals surface area contributed by atoms with Crippen molar-refractivity contribution in [3.8, 4) is 33.4 Å². The summed E-state index contributed by atoms with van der Waals surface area (Å²) in [6, 6.07) is 72.6. The minimum absolute atomic E-state index is 0.594. The topological polar surface area (TPSA) is 3.24 Å². The van der Waals surface area contributed by atoms with Crippen LogP contribution in [0.25, 0.3) is 84.5 Å². The third-order valence-electron chi connectivity index (χ3n) is 13.1. The fourth-order valence-electron chi connectivity index (χ4n) is 10.3. The Balaban J connectivity index is 1.03. The highest BCUT2D eigenvalue weighted by molar-refractivity contribution is 7.26. The molecule has 0 unspecified atom stereocenters. The van der Waals surface area contributed by atoms with Gasteiger partial charge in [-0.15, -0.1) is 22.7 Å². The van der Waals surface area contributed by atoms with E-state index in [0.717, 1.165) is 11.4 Å². The van der Waals surface area contributed by atoms with Gasteiger partial charge in [0, 0.05) is 57.3 Å². The van der Waals surface area contributed by atoms with E-state index in [9.17, 15) is 0 Å². The zero-order valence-corrected chi connectivity index (χ0v) is 35.5. The second-order valence-electron chi connectivity index (χ2n) is 16.6. The van der Waals surface area contributed by atoms with Crippen LogP contribution < -0.4 is 4.90 Å². The van der Waals surface area contributed by atoms with Crippen molar-refractivity contribution >= 4 is 90.9 Å². The lowest BCUT2D eigenvalue weighted by molar-refractivity contribution is 0.445. The summed E-state index contributed by atoms with van der Waals surface area (Å²) in [5.41, 5.74) is 12.5. The molecule has 0 bridgehead atoms. The van der Waals surface area contributed by atoms with Crippen molar-refractivity contribution in [2.45, 2.75) is 38.0 Å². The second kappa shape index (κ2) is 15.2. The van der Waals surface area contributed by atoms with Gasteiger partial charge in [-0.2, -0.15) is 0 Å². The molecule has 12 rings (SSSR count). The number of thiophene rings is 2. The number of hydrogen-bond donors (Lipinski definition) is 0. The highest BCUT2D eigenvalue weighted by Gasteiger charge is 2.23. The molecule has 1 nitrogen and oxygen atoms in total. The fraction of sp³-hybridized carbons (Fsp3) is 0.103. The van der Waals surface area contributed by atoms with Gasteiger partial charge in [0.25, 0.3) is 0 Å². The maximum Gasteiger partial charge on any atom is 0.0540 e. The molecule has 0 aliphatic heterocycles. The monoisotopic (exact) mass is 817 g/mol. The molecule has 9 aromatic carbocycles. The summed E-state index contributed by atoms with van der Waals surface area (Å²) in [5, 5.41) is 8.06. The number of benzene rings is 9. The van der Waals surface area contributed by atoms with Gasteiger partial charge >= 0.3 is 0 Å². The van der Waals surface area contributed by atoms with Crippen LogP contribution in [0.2, 0.25) is 0 Å². The van der Waals surface area contributed by atoms with Gasteiger partial charge in [0.1, 0.15) is 0 Å². The van der Waals surface area contributed by atoms with Crippen molar-refractivity contribution in [2.75, 3.05) is 4.90 Å². The van der Waals surface area contributed by atoms with Gasteiger partial charge in [0.15, 0.2) is 0 Å². The number of fused-ring (bicyclic) bond motifs is 7. The van der Waals surface area contributed by atoms with Crippen molar-refractivity contribution in [1.29, 1.82) is 0 Å². The van der Waals surface area contributed by atoms with Crippen LogP contribution in [0.3, 0.4) is 0 Å². The van der Waals surface area contributed by atoms with Crippen molar-refractivity contribution in [3.05, 3.63) is 200 Å². The molecule has 11 aromatic rings. The minimum atomic E-state index is 0.594. The molecule has 2 heterocycles. The average Bonchev–Trinajstić information content (AvgIpc) is 3.91. The van der Waals surface area contributed by atoms with E-state index in [1.165, 1.54) is 128 Å². The Bertz CT molecular complexity index is 3240. The summed E-state index contributed by atoms with van der Waals surface area (Å²) < 4.78 is 5.31. The maximum absolute atomic E-state index is 2.48. The summed E-state index contributed by atoms with van der Waals surface area (Å²) in [6.45, 7) is 0. The molecule has 1 aliphatic carbocycles. The fourth-order valence-corrected chi connectivity index (χ4v) is 12.5. The van der Waals surface area contributed by atoms with Gasteiger partial charge in [-0.1, -0.05) is 159 Å². The molecule has 1 fully saturated rings. The first-order valence-corrected chi connectivity index (χ1v) is 23.3. The predicted molar refractivity (Wildman–Crippen MR) is 267 cm³/mol. The van der Waals surface area contributed by atoms with Gasteiger partial charge in [0.2, 0.25) is 0 Å². The lowest BCUT2D eigenvalue weighted by Crippen LogP contribution is -2.11. The predicted octanol–water partition coefficient (Wildman–Crippen LogP) is 18.1. The Morgan fingerprint density at radius 3 is 1.44 bits per heavy atom. The Hall–Kier alpha value is -6.52. The van der Waals surface area contributed by atoms with Gasteiger partial charge in [-0.25, -0.2) is 0 Å². The molecule has 0 amide bonds. The lowest BCUT2D eigenvalue weighted by atomic mass is 9.80. The Morgan fingerprint density at radius 2 is 0.836 bits per heavy atom. The normalized spacial score (nSPS) is 13.5. The molecule has 0 N–H and O–H groups in total. The number of nitrogens with zero attached hydrogens (tertiary/aromatic N) is 1. The van der Waals surface area contributed by atoms with Gasteiger partial charge in [-0.3, -0.25) is 0 Å². The maximum atomic E-state index is 2.48. The first-order chi connectivity index (χ1) is 30.3. The van der Waals surface area contributed by atoms with Gasteiger partial charge in [-0.05, 0) is 118 Å². The summed E-state index contributed by atoms with van der Waals surface area (Å²) >= 11 is 3.75. The standard InChI is InChI=1S/C58H43NS2/c1-2-14-38(15-3-1)44-21-10-16-41-17-11-24-48(56(41)44)47-18-4-7-25-51(47)59(42-34-30-39(31-35-42)45-22-12-28-54-57(45)49-19-5-8-26-52(49)60-54)43-36-32-40(33-37-43)46-23-13-29-55-58(46)50-20-6-9-27-53(50)61-55/h4-13,16-38H,1-3,14-15H2. The molecular weight excluding hydrogens is 775 g/mol. The van der Waals surface area contributed by atoms with Crippen molar-refractivity contribution in [1.82, 2.24) is 0 Å². The molecule has 61 heavy (non-hydrogen) atoms. The minimum Gasteiger partial charge on any atom is -0.310 e. The highest BCUT2D eigenvalue weighted by atomic mass is 32.1. The van der Waals surface area contributed by atoms with Crippen molar-refractivity contribution in [3.63, 3.8) is 0 Å². The third kappa shape index (κ3) is 6.26. The van der Waals surface area contributed by atoms with Crippen LogP contribution >= 0.6 is 22.7 Å². The number of anilines is 3. The summed E-state index contributed by atoms with van der Waals surface area (Å²) in [4.78, 5) is 2.48. The third-order valence-corrected chi connectivity index (χ3v) is 15.4. The van der Waals surface area contributed by atoms with E-state index in [1.807, 2.05) is 22.7 Å². The van der Waals surface area contributed by atoms with Gasteiger partial charge < -0.3 is 4.90 Å². The van der Waals surface area contributed by atoms with Crippen LogP contribution in [-0.4, -0.2) is 0 Å². The SMILES string of the molecule is c1ccc(N(c2ccc(-c3cccc4sc5ccccc5c34)cc2)c2ccc(-c3cccc4sc5ccccc5c34)cc2)c(-c2cccc3cccc(C4CCCCC4)c23)c1. The van der Waals surface area contributed by atoms with Crippen molar-refractivity contribution in [2.24, 2.45) is 0 Å². The second-order valence-corrected chi connectivity index (χ2v) is 18.8. The summed E-state index contributed by atoms with van der Waals surface area (Å²) in [5.74, 6) is 0.594. The molecule has 0 radical (unpaired) electrons. The number of para-hydroxylation sites is 1. The van der Waals surface area contributed by atoms with Crippen LogP contribution in [0.4, 0.5) is 17.1 Å². The largest absolute Gasteiger partial charge is 0.310 e. The first kappa shape index (κ1) is 36.3. The number of rotatable bonds is 7. The number of hydrogen-bond acceptors (Lipinski definition) is 3. The molecule has 2 aromatic heterocycles. The lowest BCUT2D eigenvalue weighted by Gasteiger charge is -2.29. The summed E-state index contributed by atoms with van der Waals surface area (Å²) in [7, 11) is 0. The van der Waals surface area contributed by atoms with E-state index in [1.54, 1.807) is 0 Å². The van der Waals surface area contributed by atoms with E-state index in [-0.39, 0.29) is 0 Å². The molecule has 1 aliphatic rings. The van der Waals surface area contributed by atoms with Crippen molar-refractivity contribution < 1.29 is 0 Å². The molecule has 3 heteroatoms. The highest BCUT2D eigenvalue weighted by Crippen LogP contribution is 2.48. The Kier molecular flexibility index (Phi) is 9.05. The van der Waals surface area contributed by atoms with Crippen LogP contribution in [0, 0.1) is 0 Å². The Morgan fingerprint density at radius 1 is 0.361 bits per heavy atom. The van der Waals surface area contributed by atoms with E-state index in [0.29, 0.717) is 5.92 Å². The molecule has 1 saturated carbocycles. The van der Waals surface area contributed by atoms with E-state index < -0.39 is 0 Å². The molecule has 0 spiro atoms. The smallest absolute Gasteiger partial charge is 0.0540 e. The zero-order chi connectivity index (χ0) is 40.3.